The maximum absolute atomic E-state index is 11.4. The first kappa shape index (κ1) is 20.8. The molecule has 0 saturated heterocycles. The Morgan fingerprint density at radius 3 is 2.63 bits per heavy atom. The standard InChI is InChI=1S/C20H28N4O2S/c1-14(25)24-16-11-15(8-9-17(16)26-5)12-22-19(21-4)23-13-20(2,3)18-7-6-10-27-18/h6-11H,12-13H2,1-5H3,(H,24,25)(H2,21,22,23). The molecule has 6 nitrogen and oxygen atoms in total. The van der Waals surface area contributed by atoms with Crippen molar-refractivity contribution in [1.82, 2.24) is 10.6 Å². The number of rotatable bonds is 7. The highest BCUT2D eigenvalue weighted by atomic mass is 32.1. The lowest BCUT2D eigenvalue weighted by atomic mass is 9.91. The van der Waals surface area contributed by atoms with E-state index in [1.165, 1.54) is 11.8 Å². The third-order valence-electron chi connectivity index (χ3n) is 4.14. The normalized spacial score (nSPS) is 11.8. The maximum Gasteiger partial charge on any atom is 0.221 e. The summed E-state index contributed by atoms with van der Waals surface area (Å²) in [5.74, 6) is 1.23. The third-order valence-corrected chi connectivity index (χ3v) is 5.38. The van der Waals surface area contributed by atoms with E-state index >= 15 is 0 Å². The Morgan fingerprint density at radius 1 is 1.26 bits per heavy atom. The number of hydrogen-bond acceptors (Lipinski definition) is 4. The van der Waals surface area contributed by atoms with Crippen molar-refractivity contribution in [3.63, 3.8) is 0 Å². The molecule has 2 aromatic rings. The minimum Gasteiger partial charge on any atom is -0.495 e. The zero-order valence-electron chi connectivity index (χ0n) is 16.6. The number of nitrogens with one attached hydrogen (secondary N) is 3. The Bertz CT molecular complexity index is 785. The largest absolute Gasteiger partial charge is 0.495 e. The van der Waals surface area contributed by atoms with E-state index in [1.807, 2.05) is 18.2 Å². The summed E-state index contributed by atoms with van der Waals surface area (Å²) >= 11 is 1.76. The van der Waals surface area contributed by atoms with Crippen LogP contribution in [-0.2, 0) is 16.8 Å². The molecule has 0 spiro atoms. The summed E-state index contributed by atoms with van der Waals surface area (Å²) < 4.78 is 5.29. The van der Waals surface area contributed by atoms with Crippen molar-refractivity contribution < 1.29 is 9.53 Å². The topological polar surface area (TPSA) is 74.8 Å². The van der Waals surface area contributed by atoms with E-state index in [0.29, 0.717) is 18.0 Å². The Morgan fingerprint density at radius 2 is 2.04 bits per heavy atom. The Labute approximate surface area is 165 Å². The van der Waals surface area contributed by atoms with Crippen molar-refractivity contribution in [1.29, 1.82) is 0 Å². The Hall–Kier alpha value is -2.54. The van der Waals surface area contributed by atoms with Crippen molar-refractivity contribution in [2.75, 3.05) is 26.0 Å². The molecule has 27 heavy (non-hydrogen) atoms. The second-order valence-corrected chi connectivity index (χ2v) is 7.80. The number of anilines is 1. The van der Waals surface area contributed by atoms with Gasteiger partial charge in [-0.25, -0.2) is 0 Å². The van der Waals surface area contributed by atoms with Gasteiger partial charge in [0.15, 0.2) is 5.96 Å². The van der Waals surface area contributed by atoms with Gasteiger partial charge in [0.25, 0.3) is 0 Å². The van der Waals surface area contributed by atoms with Gasteiger partial charge >= 0.3 is 0 Å². The first-order valence-corrected chi connectivity index (χ1v) is 9.66. The van der Waals surface area contributed by atoms with Crippen LogP contribution >= 0.6 is 11.3 Å². The fourth-order valence-electron chi connectivity index (χ4n) is 2.61. The van der Waals surface area contributed by atoms with E-state index in [0.717, 1.165) is 18.1 Å². The molecule has 1 heterocycles. The van der Waals surface area contributed by atoms with Crippen LogP contribution in [-0.4, -0.2) is 32.6 Å². The second kappa shape index (κ2) is 9.41. The van der Waals surface area contributed by atoms with Gasteiger partial charge in [0.05, 0.1) is 12.8 Å². The van der Waals surface area contributed by atoms with E-state index in [9.17, 15) is 4.79 Å². The molecule has 0 aliphatic rings. The first-order chi connectivity index (χ1) is 12.9. The number of thiophene rings is 1. The third kappa shape index (κ3) is 5.99. The molecule has 0 aliphatic carbocycles. The van der Waals surface area contributed by atoms with Gasteiger partial charge in [-0.3, -0.25) is 9.79 Å². The van der Waals surface area contributed by atoms with Crippen LogP contribution in [0.3, 0.4) is 0 Å². The van der Waals surface area contributed by atoms with Crippen LogP contribution in [0.1, 0.15) is 31.2 Å². The number of nitrogens with zero attached hydrogens (tertiary/aromatic N) is 1. The molecule has 0 atom stereocenters. The summed E-state index contributed by atoms with van der Waals surface area (Å²) in [5, 5.41) is 11.6. The van der Waals surface area contributed by atoms with Gasteiger partial charge in [-0.2, -0.15) is 0 Å². The molecule has 1 aromatic carbocycles. The van der Waals surface area contributed by atoms with Gasteiger partial charge in [0.2, 0.25) is 5.91 Å². The van der Waals surface area contributed by atoms with Crippen molar-refractivity contribution in [3.05, 3.63) is 46.2 Å². The highest BCUT2D eigenvalue weighted by Crippen LogP contribution is 2.27. The molecule has 1 amide bonds. The zero-order chi connectivity index (χ0) is 19.9. The first-order valence-electron chi connectivity index (χ1n) is 8.78. The molecule has 0 bridgehead atoms. The molecule has 3 N–H and O–H groups in total. The monoisotopic (exact) mass is 388 g/mol. The second-order valence-electron chi connectivity index (χ2n) is 6.86. The predicted octanol–water partition coefficient (Wildman–Crippen LogP) is 3.36. The van der Waals surface area contributed by atoms with E-state index in [1.54, 1.807) is 25.5 Å². The van der Waals surface area contributed by atoms with Gasteiger partial charge in [0.1, 0.15) is 5.75 Å². The molecule has 2 rings (SSSR count). The van der Waals surface area contributed by atoms with Crippen molar-refractivity contribution in [3.8, 4) is 5.75 Å². The van der Waals surface area contributed by atoms with Crippen LogP contribution < -0.4 is 20.7 Å². The van der Waals surface area contributed by atoms with Gasteiger partial charge in [-0.05, 0) is 29.1 Å². The van der Waals surface area contributed by atoms with E-state index in [2.05, 4.69) is 52.3 Å². The number of hydrogen-bond donors (Lipinski definition) is 3. The minimum absolute atomic E-state index is 0.0183. The molecule has 0 saturated carbocycles. The molecule has 146 valence electrons. The fraction of sp³-hybridized carbons (Fsp3) is 0.400. The molecular weight excluding hydrogens is 360 g/mol. The van der Waals surface area contributed by atoms with Crippen LogP contribution in [0.25, 0.3) is 0 Å². The van der Waals surface area contributed by atoms with Crippen LogP contribution in [0.4, 0.5) is 5.69 Å². The number of carbonyl (C=O) groups excluding carboxylic acids is 1. The van der Waals surface area contributed by atoms with Crippen LogP contribution in [0.5, 0.6) is 5.75 Å². The lowest BCUT2D eigenvalue weighted by molar-refractivity contribution is -0.114. The molecule has 7 heteroatoms. The average Bonchev–Trinajstić information content (AvgIpc) is 3.17. The number of aliphatic imine (C=N–C) groups is 1. The minimum atomic E-state index is -0.133. The highest BCUT2D eigenvalue weighted by molar-refractivity contribution is 7.10. The summed E-state index contributed by atoms with van der Waals surface area (Å²) in [6.45, 7) is 7.25. The quantitative estimate of drug-likeness (QED) is 0.502. The number of carbonyl (C=O) groups is 1. The number of benzene rings is 1. The lowest BCUT2D eigenvalue weighted by Crippen LogP contribution is -2.42. The zero-order valence-corrected chi connectivity index (χ0v) is 17.4. The smallest absolute Gasteiger partial charge is 0.221 e. The summed E-state index contributed by atoms with van der Waals surface area (Å²) in [4.78, 5) is 17.0. The Balaban J connectivity index is 1.96. The summed E-state index contributed by atoms with van der Waals surface area (Å²) in [6.07, 6.45) is 0. The van der Waals surface area contributed by atoms with E-state index < -0.39 is 0 Å². The summed E-state index contributed by atoms with van der Waals surface area (Å²) in [6, 6.07) is 9.93. The number of methoxy groups -OCH3 is 1. The molecule has 0 aliphatic heterocycles. The molecular formula is C20H28N4O2S. The summed E-state index contributed by atoms with van der Waals surface area (Å²) in [5.41, 5.74) is 1.69. The SMILES string of the molecule is CN=C(NCc1ccc(OC)c(NC(C)=O)c1)NCC(C)(C)c1cccs1. The lowest BCUT2D eigenvalue weighted by Gasteiger charge is -2.25. The van der Waals surface area contributed by atoms with Gasteiger partial charge in [-0.15, -0.1) is 11.3 Å². The molecule has 0 fully saturated rings. The van der Waals surface area contributed by atoms with Crippen molar-refractivity contribution in [2.45, 2.75) is 32.7 Å². The predicted molar refractivity (Wildman–Crippen MR) is 113 cm³/mol. The van der Waals surface area contributed by atoms with Crippen LogP contribution in [0.2, 0.25) is 0 Å². The van der Waals surface area contributed by atoms with E-state index in [-0.39, 0.29) is 11.3 Å². The Kier molecular flexibility index (Phi) is 7.24. The van der Waals surface area contributed by atoms with Crippen molar-refractivity contribution in [2.24, 2.45) is 4.99 Å². The van der Waals surface area contributed by atoms with Gasteiger partial charge in [-0.1, -0.05) is 26.0 Å². The van der Waals surface area contributed by atoms with Crippen molar-refractivity contribution >= 4 is 28.9 Å². The van der Waals surface area contributed by atoms with E-state index in [4.69, 9.17) is 4.74 Å². The maximum atomic E-state index is 11.4. The van der Waals surface area contributed by atoms with Gasteiger partial charge < -0.3 is 20.7 Å². The van der Waals surface area contributed by atoms with Crippen LogP contribution in [0.15, 0.2) is 40.7 Å². The van der Waals surface area contributed by atoms with Crippen LogP contribution in [0, 0.1) is 0 Å². The number of ether oxygens (including phenoxy) is 1. The fourth-order valence-corrected chi connectivity index (χ4v) is 3.47. The summed E-state index contributed by atoms with van der Waals surface area (Å²) in [7, 11) is 3.34. The molecule has 0 radical (unpaired) electrons. The number of amides is 1. The average molecular weight is 389 g/mol. The van der Waals surface area contributed by atoms with Gasteiger partial charge in [0, 0.05) is 37.4 Å². The number of guanidine groups is 1. The molecule has 0 unspecified atom stereocenters. The highest BCUT2D eigenvalue weighted by Gasteiger charge is 2.21. The molecule has 1 aromatic heterocycles.